The number of hydrogen-bond donors (Lipinski definition) is 1. The average molecular weight is 420 g/mol. The van der Waals surface area contributed by atoms with E-state index in [1.165, 1.54) is 35.7 Å². The van der Waals surface area contributed by atoms with Gasteiger partial charge >= 0.3 is 0 Å². The number of morpholine rings is 1. The Kier molecular flexibility index (Phi) is 6.73. The highest BCUT2D eigenvalue weighted by Gasteiger charge is 2.26. The second-order valence-corrected chi connectivity index (χ2v) is 8.47. The van der Waals surface area contributed by atoms with E-state index < -0.39 is 10.0 Å². The molecule has 1 fully saturated rings. The van der Waals surface area contributed by atoms with Crippen LogP contribution in [0.25, 0.3) is 0 Å². The Labute approximate surface area is 170 Å². The zero-order valence-electron chi connectivity index (χ0n) is 16.4. The van der Waals surface area contributed by atoms with Gasteiger partial charge in [0.25, 0.3) is 5.91 Å². The highest BCUT2D eigenvalue weighted by Crippen LogP contribution is 2.25. The molecule has 3 rings (SSSR count). The van der Waals surface area contributed by atoms with Gasteiger partial charge in [-0.15, -0.1) is 0 Å². The molecule has 0 radical (unpaired) electrons. The Hall–Kier alpha value is -2.62. The molecule has 2 aromatic rings. The van der Waals surface area contributed by atoms with Crippen molar-refractivity contribution < 1.29 is 27.4 Å². The lowest BCUT2D eigenvalue weighted by atomic mass is 10.2. The van der Waals surface area contributed by atoms with Crippen molar-refractivity contribution in [3.8, 4) is 11.5 Å². The molecule has 1 aliphatic rings. The number of ether oxygens (including phenoxy) is 3. The fourth-order valence-electron chi connectivity index (χ4n) is 2.90. The van der Waals surface area contributed by atoms with Crippen LogP contribution in [-0.2, 0) is 19.6 Å². The summed E-state index contributed by atoms with van der Waals surface area (Å²) in [7, 11) is -2.03. The SMILES string of the molecule is COc1ccc(C)cc1NC(=O)COc1ccc(S(=O)(=O)N2CCOCC2)cc1. The van der Waals surface area contributed by atoms with Gasteiger partial charge in [0, 0.05) is 13.1 Å². The second-order valence-electron chi connectivity index (χ2n) is 6.53. The van der Waals surface area contributed by atoms with E-state index in [2.05, 4.69) is 5.32 Å². The molecular formula is C20H24N2O6S. The number of sulfonamides is 1. The first-order valence-electron chi connectivity index (χ1n) is 9.15. The molecule has 156 valence electrons. The maximum absolute atomic E-state index is 12.6. The van der Waals surface area contributed by atoms with Crippen molar-refractivity contribution in [1.29, 1.82) is 0 Å². The van der Waals surface area contributed by atoms with E-state index in [0.29, 0.717) is 43.5 Å². The molecule has 9 heteroatoms. The molecule has 0 aromatic heterocycles. The molecule has 0 bridgehead atoms. The number of aryl methyl sites for hydroxylation is 1. The zero-order valence-corrected chi connectivity index (χ0v) is 17.2. The molecule has 2 aromatic carbocycles. The molecule has 0 aliphatic carbocycles. The van der Waals surface area contributed by atoms with Crippen LogP contribution in [0.3, 0.4) is 0 Å². The van der Waals surface area contributed by atoms with Crippen LogP contribution in [-0.4, -0.2) is 58.7 Å². The lowest BCUT2D eigenvalue weighted by Crippen LogP contribution is -2.40. The van der Waals surface area contributed by atoms with Crippen LogP contribution in [0.15, 0.2) is 47.4 Å². The number of carbonyl (C=O) groups excluding carboxylic acids is 1. The minimum Gasteiger partial charge on any atom is -0.495 e. The number of nitrogens with one attached hydrogen (secondary N) is 1. The first kappa shape index (κ1) is 21.1. The van der Waals surface area contributed by atoms with Crippen LogP contribution in [0.1, 0.15) is 5.56 Å². The van der Waals surface area contributed by atoms with Gasteiger partial charge in [0.2, 0.25) is 10.0 Å². The number of methoxy groups -OCH3 is 1. The Balaban J connectivity index is 1.59. The standard InChI is InChI=1S/C20H24N2O6S/c1-15-3-8-19(26-2)18(13-15)21-20(23)14-28-16-4-6-17(7-5-16)29(24,25)22-9-11-27-12-10-22/h3-8,13H,9-12,14H2,1-2H3,(H,21,23). The summed E-state index contributed by atoms with van der Waals surface area (Å²) in [6.45, 7) is 3.15. The minimum atomic E-state index is -3.56. The third-order valence-electron chi connectivity index (χ3n) is 4.43. The minimum absolute atomic E-state index is 0.181. The predicted octanol–water partition coefficient (Wildman–Crippen LogP) is 2.04. The normalized spacial score (nSPS) is 15.0. The predicted molar refractivity (Wildman–Crippen MR) is 108 cm³/mol. The molecule has 0 atom stereocenters. The number of nitrogens with zero attached hydrogens (tertiary/aromatic N) is 1. The largest absolute Gasteiger partial charge is 0.495 e. The van der Waals surface area contributed by atoms with Gasteiger partial charge in [0.15, 0.2) is 6.61 Å². The average Bonchev–Trinajstić information content (AvgIpc) is 2.73. The summed E-state index contributed by atoms with van der Waals surface area (Å²) >= 11 is 0. The smallest absolute Gasteiger partial charge is 0.262 e. The lowest BCUT2D eigenvalue weighted by molar-refractivity contribution is -0.118. The molecule has 0 spiro atoms. The van der Waals surface area contributed by atoms with E-state index in [-0.39, 0.29) is 17.4 Å². The van der Waals surface area contributed by atoms with Gasteiger partial charge in [0.05, 0.1) is 30.9 Å². The van der Waals surface area contributed by atoms with Crippen molar-refractivity contribution in [3.63, 3.8) is 0 Å². The third kappa shape index (κ3) is 5.26. The van der Waals surface area contributed by atoms with E-state index in [4.69, 9.17) is 14.2 Å². The van der Waals surface area contributed by atoms with Crippen molar-refractivity contribution in [3.05, 3.63) is 48.0 Å². The van der Waals surface area contributed by atoms with Gasteiger partial charge in [0.1, 0.15) is 11.5 Å². The van der Waals surface area contributed by atoms with Crippen LogP contribution in [0, 0.1) is 6.92 Å². The maximum atomic E-state index is 12.6. The summed E-state index contributed by atoms with van der Waals surface area (Å²) in [6, 6.07) is 11.5. The van der Waals surface area contributed by atoms with Gasteiger partial charge < -0.3 is 19.5 Å². The fourth-order valence-corrected chi connectivity index (χ4v) is 4.31. The van der Waals surface area contributed by atoms with E-state index in [1.807, 2.05) is 19.1 Å². The summed E-state index contributed by atoms with van der Waals surface area (Å²) < 4.78 is 42.5. The first-order valence-corrected chi connectivity index (χ1v) is 10.6. The molecule has 1 aliphatic heterocycles. The number of amides is 1. The molecular weight excluding hydrogens is 396 g/mol. The Morgan fingerprint density at radius 1 is 1.14 bits per heavy atom. The second kappa shape index (κ2) is 9.25. The van der Waals surface area contributed by atoms with Crippen LogP contribution < -0.4 is 14.8 Å². The Morgan fingerprint density at radius 2 is 1.83 bits per heavy atom. The Morgan fingerprint density at radius 3 is 2.48 bits per heavy atom. The number of anilines is 1. The highest BCUT2D eigenvalue weighted by molar-refractivity contribution is 7.89. The van der Waals surface area contributed by atoms with Crippen molar-refractivity contribution in [1.82, 2.24) is 4.31 Å². The molecule has 1 saturated heterocycles. The molecule has 8 nitrogen and oxygen atoms in total. The van der Waals surface area contributed by atoms with E-state index >= 15 is 0 Å². The molecule has 1 N–H and O–H groups in total. The van der Waals surface area contributed by atoms with Gasteiger partial charge in [-0.3, -0.25) is 4.79 Å². The topological polar surface area (TPSA) is 94.2 Å². The number of carbonyl (C=O) groups is 1. The van der Waals surface area contributed by atoms with Gasteiger partial charge in [-0.2, -0.15) is 4.31 Å². The summed E-state index contributed by atoms with van der Waals surface area (Å²) in [5, 5.41) is 2.75. The molecule has 0 unspecified atom stereocenters. The van der Waals surface area contributed by atoms with Gasteiger partial charge in [-0.25, -0.2) is 8.42 Å². The monoisotopic (exact) mass is 420 g/mol. The van der Waals surface area contributed by atoms with E-state index in [0.717, 1.165) is 5.56 Å². The van der Waals surface area contributed by atoms with E-state index in [1.54, 1.807) is 6.07 Å². The summed E-state index contributed by atoms with van der Waals surface area (Å²) in [6.07, 6.45) is 0. The van der Waals surface area contributed by atoms with Crippen LogP contribution in [0.5, 0.6) is 11.5 Å². The number of hydrogen-bond acceptors (Lipinski definition) is 6. The van der Waals surface area contributed by atoms with Crippen LogP contribution in [0.4, 0.5) is 5.69 Å². The summed E-state index contributed by atoms with van der Waals surface area (Å²) in [4.78, 5) is 12.4. The van der Waals surface area contributed by atoms with Crippen LogP contribution in [0.2, 0.25) is 0 Å². The number of rotatable bonds is 7. The molecule has 1 amide bonds. The summed E-state index contributed by atoms with van der Waals surface area (Å²) in [5.41, 5.74) is 1.55. The molecule has 1 heterocycles. The quantitative estimate of drug-likeness (QED) is 0.737. The lowest BCUT2D eigenvalue weighted by Gasteiger charge is -2.26. The van der Waals surface area contributed by atoms with Gasteiger partial charge in [-0.05, 0) is 48.9 Å². The zero-order chi connectivity index (χ0) is 20.9. The highest BCUT2D eigenvalue weighted by atomic mass is 32.2. The maximum Gasteiger partial charge on any atom is 0.262 e. The van der Waals surface area contributed by atoms with Crippen molar-refractivity contribution >= 4 is 21.6 Å². The fraction of sp³-hybridized carbons (Fsp3) is 0.350. The van der Waals surface area contributed by atoms with Crippen molar-refractivity contribution in [2.24, 2.45) is 0 Å². The first-order chi connectivity index (χ1) is 13.9. The Bertz CT molecular complexity index is 953. The molecule has 0 saturated carbocycles. The number of benzene rings is 2. The van der Waals surface area contributed by atoms with Gasteiger partial charge in [-0.1, -0.05) is 6.07 Å². The van der Waals surface area contributed by atoms with E-state index in [9.17, 15) is 13.2 Å². The molecule has 29 heavy (non-hydrogen) atoms. The van der Waals surface area contributed by atoms with Crippen molar-refractivity contribution in [2.75, 3.05) is 45.3 Å². The van der Waals surface area contributed by atoms with Crippen molar-refractivity contribution in [2.45, 2.75) is 11.8 Å². The van der Waals surface area contributed by atoms with Crippen LogP contribution >= 0.6 is 0 Å². The summed E-state index contributed by atoms with van der Waals surface area (Å²) in [5.74, 6) is 0.609. The third-order valence-corrected chi connectivity index (χ3v) is 6.34.